The Kier molecular flexibility index (Phi) is 3.32. The van der Waals surface area contributed by atoms with Crippen molar-refractivity contribution in [3.05, 3.63) is 59.2 Å². The lowest BCUT2D eigenvalue weighted by Crippen LogP contribution is -1.98. The van der Waals surface area contributed by atoms with E-state index in [4.69, 9.17) is 11.3 Å². The van der Waals surface area contributed by atoms with Crippen LogP contribution in [0, 0.1) is 13.5 Å². The molecule has 0 amide bonds. The summed E-state index contributed by atoms with van der Waals surface area (Å²) in [6, 6.07) is 9.84. The van der Waals surface area contributed by atoms with E-state index < -0.39 is 0 Å². The third-order valence-electron chi connectivity index (χ3n) is 2.98. The van der Waals surface area contributed by atoms with Crippen LogP contribution in [0.4, 0.5) is 5.69 Å². The number of pyridine rings is 1. The Labute approximate surface area is 120 Å². The molecule has 2 aromatic heterocycles. The molecule has 20 heavy (non-hydrogen) atoms. The standard InChI is InChI=1S/C15H11N3OS/c1-10-12-8-17-20-14(12)13(16-2)15(18-10)19-9-11-6-4-3-5-7-11/h3-8H,9H2,1H3. The zero-order valence-corrected chi connectivity index (χ0v) is 11.6. The van der Waals surface area contributed by atoms with Gasteiger partial charge in [0, 0.05) is 17.3 Å². The molecular weight excluding hydrogens is 270 g/mol. The van der Waals surface area contributed by atoms with Crippen molar-refractivity contribution in [2.75, 3.05) is 0 Å². The summed E-state index contributed by atoms with van der Waals surface area (Å²) in [6.45, 7) is 9.65. The molecule has 0 aliphatic heterocycles. The molecule has 0 unspecified atom stereocenters. The van der Waals surface area contributed by atoms with Gasteiger partial charge in [-0.1, -0.05) is 30.3 Å². The number of hydrogen-bond donors (Lipinski definition) is 0. The number of aryl methyl sites for hydroxylation is 1. The molecule has 98 valence electrons. The number of aromatic nitrogens is 2. The molecule has 5 heteroatoms. The fraction of sp³-hybridized carbons (Fsp3) is 0.133. The maximum absolute atomic E-state index is 7.34. The molecule has 3 aromatic rings. The van der Waals surface area contributed by atoms with Crippen molar-refractivity contribution in [1.82, 2.24) is 9.36 Å². The summed E-state index contributed by atoms with van der Waals surface area (Å²) in [5, 5.41) is 0.924. The van der Waals surface area contributed by atoms with Crippen LogP contribution in [0.3, 0.4) is 0 Å². The van der Waals surface area contributed by atoms with E-state index in [-0.39, 0.29) is 0 Å². The van der Waals surface area contributed by atoms with Gasteiger partial charge in [-0.2, -0.15) is 0 Å². The molecule has 0 saturated heterocycles. The summed E-state index contributed by atoms with van der Waals surface area (Å²) in [5.74, 6) is 0.387. The number of rotatable bonds is 3. The maximum atomic E-state index is 7.34. The van der Waals surface area contributed by atoms with Crippen molar-refractivity contribution in [3.8, 4) is 5.88 Å². The monoisotopic (exact) mass is 281 g/mol. The van der Waals surface area contributed by atoms with Gasteiger partial charge in [0.25, 0.3) is 5.69 Å². The van der Waals surface area contributed by atoms with Gasteiger partial charge in [-0.15, -0.1) is 0 Å². The van der Waals surface area contributed by atoms with Crippen LogP contribution in [0.15, 0.2) is 36.5 Å². The molecule has 0 bridgehead atoms. The van der Waals surface area contributed by atoms with Crippen LogP contribution in [0.5, 0.6) is 5.88 Å². The molecule has 0 N–H and O–H groups in total. The van der Waals surface area contributed by atoms with E-state index in [9.17, 15) is 0 Å². The van der Waals surface area contributed by atoms with Gasteiger partial charge in [0.1, 0.15) is 6.61 Å². The van der Waals surface area contributed by atoms with Crippen LogP contribution in [0.25, 0.3) is 14.9 Å². The molecule has 1 aromatic carbocycles. The van der Waals surface area contributed by atoms with Crippen molar-refractivity contribution >= 4 is 27.3 Å². The number of ether oxygens (including phenoxy) is 1. The average Bonchev–Trinajstić information content (AvgIpc) is 2.96. The van der Waals surface area contributed by atoms with Crippen LogP contribution in [-0.2, 0) is 6.61 Å². The number of benzene rings is 1. The first-order valence-electron chi connectivity index (χ1n) is 6.09. The Morgan fingerprint density at radius 1 is 1.30 bits per heavy atom. The van der Waals surface area contributed by atoms with Gasteiger partial charge >= 0.3 is 0 Å². The molecule has 4 nitrogen and oxygen atoms in total. The Hall–Kier alpha value is -2.45. The van der Waals surface area contributed by atoms with Gasteiger partial charge in [-0.25, -0.2) is 14.2 Å². The third kappa shape index (κ3) is 2.22. The lowest BCUT2D eigenvalue weighted by Gasteiger charge is -2.09. The second-order valence-electron chi connectivity index (χ2n) is 4.31. The Bertz CT molecular complexity index is 790. The second-order valence-corrected chi connectivity index (χ2v) is 5.11. The van der Waals surface area contributed by atoms with Crippen molar-refractivity contribution in [1.29, 1.82) is 0 Å². The fourth-order valence-electron chi connectivity index (χ4n) is 1.96. The molecule has 0 saturated carbocycles. The lowest BCUT2D eigenvalue weighted by molar-refractivity contribution is 0.296. The van der Waals surface area contributed by atoms with Gasteiger partial charge in [-0.05, 0) is 24.0 Å². The molecule has 3 rings (SSSR count). The highest BCUT2D eigenvalue weighted by Crippen LogP contribution is 2.38. The van der Waals surface area contributed by atoms with Crippen molar-refractivity contribution < 1.29 is 4.74 Å². The SMILES string of the molecule is [C-]#[N+]c1c(OCc2ccccc2)nc(C)c2cnsc12. The van der Waals surface area contributed by atoms with E-state index in [1.54, 1.807) is 6.20 Å². The highest BCUT2D eigenvalue weighted by Gasteiger charge is 2.15. The van der Waals surface area contributed by atoms with E-state index in [1.165, 1.54) is 11.5 Å². The highest BCUT2D eigenvalue weighted by molar-refractivity contribution is 7.14. The molecule has 0 spiro atoms. The van der Waals surface area contributed by atoms with Crippen molar-refractivity contribution in [2.45, 2.75) is 13.5 Å². The van der Waals surface area contributed by atoms with Crippen LogP contribution < -0.4 is 4.74 Å². The second kappa shape index (κ2) is 5.27. The third-order valence-corrected chi connectivity index (χ3v) is 3.78. The number of fused-ring (bicyclic) bond motifs is 1. The number of hydrogen-bond acceptors (Lipinski definition) is 4. The van der Waals surface area contributed by atoms with E-state index in [0.29, 0.717) is 18.2 Å². The smallest absolute Gasteiger partial charge is 0.265 e. The summed E-state index contributed by atoms with van der Waals surface area (Å²) in [4.78, 5) is 7.95. The minimum Gasteiger partial charge on any atom is -0.481 e. The molecule has 0 aliphatic rings. The topological polar surface area (TPSA) is 39.4 Å². The summed E-state index contributed by atoms with van der Waals surface area (Å²) >= 11 is 1.30. The van der Waals surface area contributed by atoms with Crippen molar-refractivity contribution in [3.63, 3.8) is 0 Å². The number of nitrogens with zero attached hydrogens (tertiary/aromatic N) is 3. The minimum absolute atomic E-state index is 0.387. The summed E-state index contributed by atoms with van der Waals surface area (Å²) in [5.41, 5.74) is 2.33. The molecule has 0 fully saturated rings. The van der Waals surface area contributed by atoms with E-state index in [0.717, 1.165) is 21.3 Å². The zero-order chi connectivity index (χ0) is 13.9. The predicted molar refractivity (Wildman–Crippen MR) is 79.2 cm³/mol. The molecule has 0 radical (unpaired) electrons. The minimum atomic E-state index is 0.387. The van der Waals surface area contributed by atoms with Crippen molar-refractivity contribution in [2.24, 2.45) is 0 Å². The first-order valence-corrected chi connectivity index (χ1v) is 6.86. The van der Waals surface area contributed by atoms with Crippen LogP contribution in [-0.4, -0.2) is 9.36 Å². The normalized spacial score (nSPS) is 10.4. The zero-order valence-electron chi connectivity index (χ0n) is 10.8. The van der Waals surface area contributed by atoms with E-state index in [2.05, 4.69) is 14.2 Å². The van der Waals surface area contributed by atoms with Gasteiger partial charge in [0.05, 0.1) is 11.3 Å². The van der Waals surface area contributed by atoms with Crippen LogP contribution >= 0.6 is 11.5 Å². The molecule has 0 atom stereocenters. The average molecular weight is 281 g/mol. The Balaban J connectivity index is 1.97. The quantitative estimate of drug-likeness (QED) is 0.678. The highest BCUT2D eigenvalue weighted by atomic mass is 32.1. The summed E-state index contributed by atoms with van der Waals surface area (Å²) in [6.07, 6.45) is 1.75. The molecule has 0 aliphatic carbocycles. The first-order chi connectivity index (χ1) is 9.79. The molecule has 2 heterocycles. The first kappa shape index (κ1) is 12.6. The Morgan fingerprint density at radius 3 is 2.85 bits per heavy atom. The molecular formula is C15H11N3OS. The van der Waals surface area contributed by atoms with Gasteiger partial charge in [-0.3, -0.25) is 0 Å². The maximum Gasteiger partial charge on any atom is 0.265 e. The van der Waals surface area contributed by atoms with Gasteiger partial charge < -0.3 is 4.74 Å². The largest absolute Gasteiger partial charge is 0.481 e. The summed E-state index contributed by atoms with van der Waals surface area (Å²) in [7, 11) is 0. The van der Waals surface area contributed by atoms with Gasteiger partial charge in [0.2, 0.25) is 5.88 Å². The van der Waals surface area contributed by atoms with E-state index >= 15 is 0 Å². The fourth-order valence-corrected chi connectivity index (χ4v) is 2.74. The van der Waals surface area contributed by atoms with Gasteiger partial charge in [0.15, 0.2) is 0 Å². The lowest BCUT2D eigenvalue weighted by atomic mass is 10.2. The summed E-state index contributed by atoms with van der Waals surface area (Å²) < 4.78 is 10.7. The van der Waals surface area contributed by atoms with E-state index in [1.807, 2.05) is 37.3 Å². The van der Waals surface area contributed by atoms with Crippen LogP contribution in [0.2, 0.25) is 0 Å². The van der Waals surface area contributed by atoms with Crippen LogP contribution in [0.1, 0.15) is 11.3 Å². The Morgan fingerprint density at radius 2 is 2.10 bits per heavy atom. The predicted octanol–water partition coefficient (Wildman–Crippen LogP) is 4.13.